The zero-order chi connectivity index (χ0) is 15.5. The summed E-state index contributed by atoms with van der Waals surface area (Å²) in [5.41, 5.74) is 6.39. The normalized spacial score (nSPS) is 26.0. The Hall–Kier alpha value is -1.01. The van der Waals surface area contributed by atoms with Crippen molar-refractivity contribution in [3.8, 4) is 0 Å². The van der Waals surface area contributed by atoms with Crippen LogP contribution < -0.4 is 5.73 Å². The Labute approximate surface area is 126 Å². The van der Waals surface area contributed by atoms with Crippen molar-refractivity contribution in [2.24, 2.45) is 5.73 Å². The summed E-state index contributed by atoms with van der Waals surface area (Å²) in [5, 5.41) is 0. The third-order valence-electron chi connectivity index (χ3n) is 4.55. The van der Waals surface area contributed by atoms with E-state index >= 15 is 0 Å². The minimum Gasteiger partial charge on any atom is -0.377 e. The van der Waals surface area contributed by atoms with E-state index in [2.05, 4.69) is 11.8 Å². The minimum atomic E-state index is -0.313. The molecule has 118 valence electrons. The van der Waals surface area contributed by atoms with Crippen LogP contribution in [0, 0.1) is 5.82 Å². The number of likely N-dealkylation sites (tertiary alicyclic amines) is 1. The van der Waals surface area contributed by atoms with Crippen LogP contribution in [0.25, 0.3) is 0 Å². The highest BCUT2D eigenvalue weighted by Gasteiger charge is 2.41. The van der Waals surface area contributed by atoms with E-state index in [1.807, 2.05) is 12.1 Å². The van der Waals surface area contributed by atoms with E-state index in [1.165, 1.54) is 6.07 Å². The summed E-state index contributed by atoms with van der Waals surface area (Å²) in [7, 11) is 3.38. The molecule has 21 heavy (non-hydrogen) atoms. The first kappa shape index (κ1) is 16.4. The number of ether oxygens (including phenoxy) is 2. The third-order valence-corrected chi connectivity index (χ3v) is 4.55. The van der Waals surface area contributed by atoms with Crippen molar-refractivity contribution >= 4 is 0 Å². The van der Waals surface area contributed by atoms with E-state index in [4.69, 9.17) is 15.2 Å². The maximum atomic E-state index is 13.9. The molecule has 5 heteroatoms. The molecule has 1 aromatic rings. The Balaban J connectivity index is 2.16. The van der Waals surface area contributed by atoms with Gasteiger partial charge in [-0.3, -0.25) is 4.90 Å². The van der Waals surface area contributed by atoms with E-state index in [-0.39, 0.29) is 23.6 Å². The first-order valence-corrected chi connectivity index (χ1v) is 7.28. The maximum Gasteiger partial charge on any atom is 0.126 e. The van der Waals surface area contributed by atoms with E-state index in [9.17, 15) is 4.39 Å². The van der Waals surface area contributed by atoms with E-state index < -0.39 is 0 Å². The molecule has 0 amide bonds. The smallest absolute Gasteiger partial charge is 0.126 e. The van der Waals surface area contributed by atoms with Gasteiger partial charge < -0.3 is 15.2 Å². The van der Waals surface area contributed by atoms with Gasteiger partial charge in [0.1, 0.15) is 5.82 Å². The highest BCUT2D eigenvalue weighted by atomic mass is 19.1. The Bertz CT molecular complexity index is 459. The topological polar surface area (TPSA) is 47.7 Å². The van der Waals surface area contributed by atoms with Crippen LogP contribution in [0.5, 0.6) is 0 Å². The second-order valence-electron chi connectivity index (χ2n) is 5.92. The van der Waals surface area contributed by atoms with Crippen LogP contribution in [0.15, 0.2) is 24.3 Å². The van der Waals surface area contributed by atoms with Crippen LogP contribution in [0.3, 0.4) is 0 Å². The second-order valence-corrected chi connectivity index (χ2v) is 5.92. The Morgan fingerprint density at radius 3 is 2.29 bits per heavy atom. The Morgan fingerprint density at radius 1 is 1.24 bits per heavy atom. The highest BCUT2D eigenvalue weighted by Crippen LogP contribution is 2.28. The van der Waals surface area contributed by atoms with Gasteiger partial charge >= 0.3 is 0 Å². The summed E-state index contributed by atoms with van der Waals surface area (Å²) >= 11 is 0. The van der Waals surface area contributed by atoms with Gasteiger partial charge in [-0.25, -0.2) is 4.39 Å². The van der Waals surface area contributed by atoms with Gasteiger partial charge in [0.2, 0.25) is 0 Å². The first-order chi connectivity index (χ1) is 10.0. The lowest BCUT2D eigenvalue weighted by atomic mass is 9.91. The summed E-state index contributed by atoms with van der Waals surface area (Å²) in [6.45, 7) is 4.02. The van der Waals surface area contributed by atoms with Crippen LogP contribution >= 0.6 is 0 Å². The quantitative estimate of drug-likeness (QED) is 0.863. The molecule has 0 aromatic heterocycles. The molecular formula is C16H25FN2O2. The summed E-state index contributed by atoms with van der Waals surface area (Å²) < 4.78 is 24.9. The number of hydrogen-bond donors (Lipinski definition) is 1. The molecule has 0 bridgehead atoms. The molecular weight excluding hydrogens is 271 g/mol. The number of benzene rings is 1. The average molecular weight is 296 g/mol. The number of halogens is 1. The van der Waals surface area contributed by atoms with Crippen LogP contribution in [-0.2, 0) is 15.9 Å². The van der Waals surface area contributed by atoms with Gasteiger partial charge in [0.05, 0.1) is 12.2 Å². The molecule has 0 spiro atoms. The number of hydrogen-bond acceptors (Lipinski definition) is 4. The molecule has 3 atom stereocenters. The van der Waals surface area contributed by atoms with Gasteiger partial charge in [-0.05, 0) is 25.0 Å². The zero-order valence-electron chi connectivity index (χ0n) is 13.0. The van der Waals surface area contributed by atoms with Gasteiger partial charge in [0, 0.05) is 39.4 Å². The van der Waals surface area contributed by atoms with Crippen molar-refractivity contribution in [2.45, 2.75) is 31.1 Å². The monoisotopic (exact) mass is 296 g/mol. The van der Waals surface area contributed by atoms with Gasteiger partial charge in [0.25, 0.3) is 0 Å². The SMILES string of the molecule is COC1CN(C(C)(CN)Cc2ccccc2F)CC1OC. The summed E-state index contributed by atoms with van der Waals surface area (Å²) in [4.78, 5) is 2.25. The lowest BCUT2D eigenvalue weighted by Gasteiger charge is -2.38. The Morgan fingerprint density at radius 2 is 1.81 bits per heavy atom. The molecule has 1 fully saturated rings. The second kappa shape index (κ2) is 6.83. The molecule has 1 heterocycles. The number of nitrogens with zero attached hydrogens (tertiary/aromatic N) is 1. The number of rotatable bonds is 6. The first-order valence-electron chi connectivity index (χ1n) is 7.28. The van der Waals surface area contributed by atoms with Crippen molar-refractivity contribution in [1.29, 1.82) is 0 Å². The largest absolute Gasteiger partial charge is 0.377 e. The van der Waals surface area contributed by atoms with Gasteiger partial charge in [-0.15, -0.1) is 0 Å². The molecule has 1 aromatic carbocycles. The van der Waals surface area contributed by atoms with Crippen molar-refractivity contribution in [3.05, 3.63) is 35.6 Å². The van der Waals surface area contributed by atoms with E-state index in [1.54, 1.807) is 20.3 Å². The molecule has 3 unspecified atom stereocenters. The lowest BCUT2D eigenvalue weighted by Crippen LogP contribution is -2.52. The van der Waals surface area contributed by atoms with Crippen molar-refractivity contribution in [2.75, 3.05) is 33.9 Å². The standard InChI is InChI=1S/C16H25FN2O2/c1-16(11-18,8-12-6-4-5-7-13(12)17)19-9-14(20-2)15(10-19)21-3/h4-7,14-15H,8-11,18H2,1-3H3. The van der Waals surface area contributed by atoms with Crippen LogP contribution in [-0.4, -0.2) is 56.5 Å². The number of methoxy groups -OCH3 is 2. The molecule has 4 nitrogen and oxygen atoms in total. The zero-order valence-corrected chi connectivity index (χ0v) is 13.0. The molecule has 0 saturated carbocycles. The molecule has 1 aliphatic rings. The van der Waals surface area contributed by atoms with Crippen molar-refractivity contribution in [3.63, 3.8) is 0 Å². The van der Waals surface area contributed by atoms with Crippen LogP contribution in [0.2, 0.25) is 0 Å². The van der Waals surface area contributed by atoms with Crippen LogP contribution in [0.4, 0.5) is 4.39 Å². The molecule has 0 radical (unpaired) electrons. The maximum absolute atomic E-state index is 13.9. The fourth-order valence-electron chi connectivity index (χ4n) is 3.00. The van der Waals surface area contributed by atoms with Gasteiger partial charge in [-0.2, -0.15) is 0 Å². The summed E-state index contributed by atoms with van der Waals surface area (Å²) in [5.74, 6) is -0.178. The predicted molar refractivity (Wildman–Crippen MR) is 80.7 cm³/mol. The van der Waals surface area contributed by atoms with Crippen molar-refractivity contribution < 1.29 is 13.9 Å². The lowest BCUT2D eigenvalue weighted by molar-refractivity contribution is -0.00461. The molecule has 1 saturated heterocycles. The molecule has 0 aliphatic carbocycles. The molecule has 1 aliphatic heterocycles. The minimum absolute atomic E-state index is 0.0292. The van der Waals surface area contributed by atoms with Gasteiger partial charge in [-0.1, -0.05) is 18.2 Å². The molecule has 2 rings (SSSR count). The highest BCUT2D eigenvalue weighted by molar-refractivity contribution is 5.20. The summed E-state index contributed by atoms with van der Waals surface area (Å²) in [6, 6.07) is 6.87. The Kier molecular flexibility index (Phi) is 5.32. The predicted octanol–water partition coefficient (Wildman–Crippen LogP) is 1.43. The third kappa shape index (κ3) is 3.43. The fraction of sp³-hybridized carbons (Fsp3) is 0.625. The fourth-order valence-corrected chi connectivity index (χ4v) is 3.00. The van der Waals surface area contributed by atoms with E-state index in [0.29, 0.717) is 18.5 Å². The van der Waals surface area contributed by atoms with Gasteiger partial charge in [0.15, 0.2) is 0 Å². The van der Waals surface area contributed by atoms with Crippen molar-refractivity contribution in [1.82, 2.24) is 4.90 Å². The summed E-state index contributed by atoms with van der Waals surface area (Å²) in [6.07, 6.45) is 0.631. The number of nitrogens with two attached hydrogens (primary N) is 1. The molecule has 2 N–H and O–H groups in total. The average Bonchev–Trinajstić information content (AvgIpc) is 2.93. The van der Waals surface area contributed by atoms with Crippen LogP contribution in [0.1, 0.15) is 12.5 Å². The van der Waals surface area contributed by atoms with E-state index in [0.717, 1.165) is 13.1 Å².